The van der Waals surface area contributed by atoms with Crippen LogP contribution < -0.4 is 10.9 Å². The summed E-state index contributed by atoms with van der Waals surface area (Å²) in [5.74, 6) is -1.55. The number of anilines is 1. The standard InChI is InChI=1S/C30H31N3O4/c1-3-8-21-13-16-24-28-27(23(18-34)25(17-32(24)30(21)37)33(28)26(35)4-2)29(36)31-22-14-11-20(12-15-22)19-9-6-5-7-10-19/h3,5-16,23,25,27-28,34H,4,17-18H2,1-2H3,(H,31,36)/b8-3+/t23-,25-,27+,28+/m1/s1. The van der Waals surface area contributed by atoms with E-state index in [1.54, 1.807) is 28.5 Å². The van der Waals surface area contributed by atoms with Crippen molar-refractivity contribution in [1.82, 2.24) is 9.47 Å². The molecule has 2 N–H and O–H groups in total. The molecule has 3 aromatic rings. The van der Waals surface area contributed by atoms with Crippen molar-refractivity contribution in [3.8, 4) is 11.1 Å². The van der Waals surface area contributed by atoms with Gasteiger partial charge in [0, 0.05) is 42.4 Å². The van der Waals surface area contributed by atoms with E-state index in [9.17, 15) is 19.5 Å². The molecular weight excluding hydrogens is 466 g/mol. The van der Waals surface area contributed by atoms with E-state index >= 15 is 0 Å². The third-order valence-corrected chi connectivity index (χ3v) is 7.57. The molecule has 7 nitrogen and oxygen atoms in total. The number of pyridine rings is 1. The molecule has 0 saturated carbocycles. The fourth-order valence-corrected chi connectivity index (χ4v) is 5.86. The van der Waals surface area contributed by atoms with Crippen LogP contribution in [0.25, 0.3) is 17.2 Å². The Morgan fingerprint density at radius 1 is 1.03 bits per heavy atom. The predicted octanol–water partition coefficient (Wildman–Crippen LogP) is 4.09. The topological polar surface area (TPSA) is 91.6 Å². The molecule has 2 aliphatic rings. The SMILES string of the molecule is C/C=C/c1ccc2n(c1=O)C[C@@H]1[C@@H](CO)[C@H](C(=O)Nc3ccc(-c4ccccc4)cc3)[C@H]2N1C(=O)CC. The number of benzene rings is 2. The first kappa shape index (κ1) is 24.7. The summed E-state index contributed by atoms with van der Waals surface area (Å²) in [6.45, 7) is 3.63. The Morgan fingerprint density at radius 3 is 2.38 bits per heavy atom. The van der Waals surface area contributed by atoms with Gasteiger partial charge in [-0.05, 0) is 42.3 Å². The van der Waals surface area contributed by atoms with Crippen LogP contribution in [0.5, 0.6) is 0 Å². The number of rotatable bonds is 6. The van der Waals surface area contributed by atoms with E-state index in [1.807, 2.05) is 73.7 Å². The summed E-state index contributed by atoms with van der Waals surface area (Å²) < 4.78 is 1.68. The lowest BCUT2D eigenvalue weighted by atomic mass is 9.86. The summed E-state index contributed by atoms with van der Waals surface area (Å²) in [5.41, 5.74) is 3.79. The molecule has 1 saturated heterocycles. The molecule has 0 spiro atoms. The maximum absolute atomic E-state index is 13.7. The van der Waals surface area contributed by atoms with Crippen molar-refractivity contribution in [3.05, 3.63) is 94.4 Å². The molecule has 190 valence electrons. The molecule has 2 amide bonds. The first-order chi connectivity index (χ1) is 18.0. The molecule has 1 fully saturated rings. The highest BCUT2D eigenvalue weighted by Crippen LogP contribution is 2.48. The number of nitrogens with zero attached hydrogens (tertiary/aromatic N) is 2. The first-order valence-corrected chi connectivity index (χ1v) is 12.7. The number of aliphatic hydroxyl groups excluding tert-OH is 1. The fourth-order valence-electron chi connectivity index (χ4n) is 5.86. The van der Waals surface area contributed by atoms with Gasteiger partial charge in [-0.2, -0.15) is 0 Å². The summed E-state index contributed by atoms with van der Waals surface area (Å²) in [6.07, 6.45) is 3.85. The molecule has 7 heteroatoms. The molecule has 2 aliphatic heterocycles. The quantitative estimate of drug-likeness (QED) is 0.537. The van der Waals surface area contributed by atoms with Gasteiger partial charge in [0.1, 0.15) is 0 Å². The molecule has 0 radical (unpaired) electrons. The number of nitrogens with one attached hydrogen (secondary N) is 1. The predicted molar refractivity (Wildman–Crippen MR) is 144 cm³/mol. The van der Waals surface area contributed by atoms with Crippen LogP contribution in [0.2, 0.25) is 0 Å². The van der Waals surface area contributed by atoms with Crippen LogP contribution in [-0.4, -0.2) is 39.0 Å². The second kappa shape index (κ2) is 10.2. The number of amides is 2. The van der Waals surface area contributed by atoms with Crippen molar-refractivity contribution in [2.24, 2.45) is 11.8 Å². The summed E-state index contributed by atoms with van der Waals surface area (Å²) in [7, 11) is 0. The summed E-state index contributed by atoms with van der Waals surface area (Å²) in [5, 5.41) is 13.4. The summed E-state index contributed by atoms with van der Waals surface area (Å²) >= 11 is 0. The van der Waals surface area contributed by atoms with Gasteiger partial charge in [0.15, 0.2) is 0 Å². The Balaban J connectivity index is 1.50. The van der Waals surface area contributed by atoms with Crippen molar-refractivity contribution < 1.29 is 14.7 Å². The van der Waals surface area contributed by atoms with E-state index < -0.39 is 23.9 Å². The van der Waals surface area contributed by atoms with Crippen molar-refractivity contribution in [2.75, 3.05) is 11.9 Å². The lowest BCUT2D eigenvalue weighted by molar-refractivity contribution is -0.136. The van der Waals surface area contributed by atoms with Gasteiger partial charge in [0.2, 0.25) is 11.8 Å². The Bertz CT molecular complexity index is 1390. The van der Waals surface area contributed by atoms with E-state index in [1.165, 1.54) is 0 Å². The minimum Gasteiger partial charge on any atom is -0.396 e. The van der Waals surface area contributed by atoms with Gasteiger partial charge in [0.05, 0.1) is 18.0 Å². The molecule has 0 unspecified atom stereocenters. The minimum absolute atomic E-state index is 0.0906. The lowest BCUT2D eigenvalue weighted by Gasteiger charge is -2.38. The summed E-state index contributed by atoms with van der Waals surface area (Å²) in [6, 6.07) is 20.1. The number of fused-ring (bicyclic) bond motifs is 4. The second-order valence-corrected chi connectivity index (χ2v) is 9.60. The second-order valence-electron chi connectivity index (χ2n) is 9.60. The monoisotopic (exact) mass is 497 g/mol. The van der Waals surface area contributed by atoms with Crippen molar-refractivity contribution in [2.45, 2.75) is 38.9 Å². The lowest BCUT2D eigenvalue weighted by Crippen LogP contribution is -2.49. The maximum atomic E-state index is 13.7. The molecule has 3 heterocycles. The van der Waals surface area contributed by atoms with Crippen LogP contribution in [0, 0.1) is 11.8 Å². The number of carbonyl (C=O) groups is 2. The van der Waals surface area contributed by atoms with Gasteiger partial charge < -0.3 is 19.9 Å². The van der Waals surface area contributed by atoms with E-state index in [4.69, 9.17) is 0 Å². The van der Waals surface area contributed by atoms with Gasteiger partial charge in [0.25, 0.3) is 5.56 Å². The number of aromatic nitrogens is 1. The van der Waals surface area contributed by atoms with Gasteiger partial charge in [-0.25, -0.2) is 0 Å². The Morgan fingerprint density at radius 2 is 1.73 bits per heavy atom. The third kappa shape index (κ3) is 4.29. The highest BCUT2D eigenvalue weighted by molar-refractivity contribution is 5.95. The molecule has 4 atom stereocenters. The van der Waals surface area contributed by atoms with E-state index in [0.29, 0.717) is 16.9 Å². The number of hydrogen-bond acceptors (Lipinski definition) is 4. The largest absolute Gasteiger partial charge is 0.396 e. The van der Waals surface area contributed by atoms with Crippen molar-refractivity contribution in [1.29, 1.82) is 0 Å². The highest BCUT2D eigenvalue weighted by atomic mass is 16.3. The molecule has 5 rings (SSSR count). The van der Waals surface area contributed by atoms with Crippen molar-refractivity contribution in [3.63, 3.8) is 0 Å². The van der Waals surface area contributed by atoms with Crippen LogP contribution in [0.15, 0.2) is 77.6 Å². The zero-order chi connectivity index (χ0) is 26.1. The van der Waals surface area contributed by atoms with E-state index in [0.717, 1.165) is 11.1 Å². The smallest absolute Gasteiger partial charge is 0.258 e. The number of aliphatic hydroxyl groups is 1. The summed E-state index contributed by atoms with van der Waals surface area (Å²) in [4.78, 5) is 41.8. The molecular formula is C30H31N3O4. The van der Waals surface area contributed by atoms with E-state index in [2.05, 4.69) is 5.32 Å². The molecule has 1 aromatic heterocycles. The van der Waals surface area contributed by atoms with Crippen LogP contribution in [-0.2, 0) is 16.1 Å². The zero-order valence-electron chi connectivity index (χ0n) is 21.0. The average Bonchev–Trinajstić information content (AvgIpc) is 3.17. The minimum atomic E-state index is -0.694. The Kier molecular flexibility index (Phi) is 6.80. The number of hydrogen-bond donors (Lipinski definition) is 2. The van der Waals surface area contributed by atoms with Gasteiger partial charge in [-0.15, -0.1) is 0 Å². The molecule has 0 aliphatic carbocycles. The first-order valence-electron chi connectivity index (χ1n) is 12.7. The van der Waals surface area contributed by atoms with Gasteiger partial charge >= 0.3 is 0 Å². The van der Waals surface area contributed by atoms with Crippen LogP contribution in [0.4, 0.5) is 5.69 Å². The normalized spacial score (nSPS) is 22.2. The van der Waals surface area contributed by atoms with Crippen LogP contribution >= 0.6 is 0 Å². The Labute approximate surface area is 216 Å². The zero-order valence-corrected chi connectivity index (χ0v) is 21.0. The fraction of sp³-hybridized carbons (Fsp3) is 0.300. The van der Waals surface area contributed by atoms with Crippen LogP contribution in [0.3, 0.4) is 0 Å². The third-order valence-electron chi connectivity index (χ3n) is 7.57. The number of allylic oxidation sites excluding steroid dienone is 1. The molecule has 2 bridgehead atoms. The average molecular weight is 498 g/mol. The highest BCUT2D eigenvalue weighted by Gasteiger charge is 2.57. The number of carbonyl (C=O) groups excluding carboxylic acids is 2. The van der Waals surface area contributed by atoms with E-state index in [-0.39, 0.29) is 36.9 Å². The molecule has 2 aromatic carbocycles. The van der Waals surface area contributed by atoms with Crippen LogP contribution in [0.1, 0.15) is 37.6 Å². The maximum Gasteiger partial charge on any atom is 0.258 e. The van der Waals surface area contributed by atoms with Gasteiger partial charge in [-0.3, -0.25) is 14.4 Å². The molecule has 37 heavy (non-hydrogen) atoms. The van der Waals surface area contributed by atoms with Crippen molar-refractivity contribution >= 4 is 23.6 Å². The van der Waals surface area contributed by atoms with Gasteiger partial charge in [-0.1, -0.05) is 61.5 Å². The Hall–Kier alpha value is -3.97.